The Morgan fingerprint density at radius 2 is 0.814 bits per heavy atom. The molecule has 4 rings (SSSR count). The summed E-state index contributed by atoms with van der Waals surface area (Å²) in [5.41, 5.74) is 3.17. The van der Waals surface area contributed by atoms with Crippen LogP contribution in [-0.2, 0) is 17.6 Å². The van der Waals surface area contributed by atoms with Crippen LogP contribution < -0.4 is 0 Å². The van der Waals surface area contributed by atoms with Crippen LogP contribution in [0.15, 0.2) is 61.2 Å². The monoisotopic (exact) mass is 908 g/mol. The first-order valence-corrected chi connectivity index (χ1v) is 15.6. The first kappa shape index (κ1) is 49.5. The van der Waals surface area contributed by atoms with E-state index in [2.05, 4.69) is 59.8 Å². The number of hydrogen-bond acceptors (Lipinski definition) is 1. The van der Waals surface area contributed by atoms with E-state index in [-0.39, 0.29) is 6.08 Å². The van der Waals surface area contributed by atoms with Crippen LogP contribution in [0.4, 0.5) is 110 Å². The molecule has 0 bridgehead atoms. The molecule has 0 spiro atoms. The zero-order chi connectivity index (χ0) is 46.1. The topological polar surface area (TPSA) is 9.23 Å². The molecule has 3 aromatic carbocycles. The van der Waals surface area contributed by atoms with Crippen LogP contribution in [-0.4, -0.2) is 78.1 Å². The summed E-state index contributed by atoms with van der Waals surface area (Å²) in [4.78, 5) is 0. The van der Waals surface area contributed by atoms with Gasteiger partial charge in [-0.25, -0.2) is 0 Å². The molecule has 0 amide bonds. The third-order valence-electron chi connectivity index (χ3n) is 8.91. The van der Waals surface area contributed by atoms with E-state index in [1.54, 1.807) is 11.1 Å². The maximum Gasteiger partial charge on any atom is 0.460 e. The van der Waals surface area contributed by atoms with Crippen molar-refractivity contribution in [1.29, 1.82) is 0 Å². The summed E-state index contributed by atoms with van der Waals surface area (Å²) >= 11 is 0. The highest BCUT2D eigenvalue weighted by atomic mass is 19.4. The number of halogens is 25. The van der Waals surface area contributed by atoms with Gasteiger partial charge in [-0.15, -0.1) is 6.58 Å². The first-order valence-electron chi connectivity index (χ1n) is 15.6. The van der Waals surface area contributed by atoms with Crippen molar-refractivity contribution < 1.29 is 114 Å². The second-order valence-electron chi connectivity index (χ2n) is 12.7. The fraction of sp³-hybridized carbons (Fsp3) is 0.515. The fourth-order valence-electron chi connectivity index (χ4n) is 5.53. The molecule has 0 N–H and O–H groups in total. The fourth-order valence-corrected chi connectivity index (χ4v) is 5.53. The van der Waals surface area contributed by atoms with Crippen molar-refractivity contribution in [2.45, 2.75) is 97.2 Å². The van der Waals surface area contributed by atoms with Gasteiger partial charge in [0.25, 0.3) is 0 Å². The molecule has 0 saturated heterocycles. The Morgan fingerprint density at radius 3 is 1.25 bits per heavy atom. The standard InChI is InChI=1S/C18H16.C15H5F25O/c1-3-7-15-13(5-1)9-11-18-16-8-4-2-6-14(16)10-12-17(15)18;1-2-3-41-15(39,40)13(34,35)11(30,31)9(26,27)7(22,23)5(18,19)4(16,17)6(20,21)8(24,25)10(28,29)12(32,33)14(36,37)38/h1,3,5,7,9-12H,2,4,6,8H2;2H,1,3H2. The van der Waals surface area contributed by atoms with Gasteiger partial charge in [0.05, 0.1) is 6.61 Å². The number of ether oxygens (including phenoxy) is 1. The lowest BCUT2D eigenvalue weighted by Crippen LogP contribution is -2.78. The molecule has 26 heteroatoms. The number of aryl methyl sites for hydroxylation is 2. The normalized spacial score (nSPS) is 16.2. The highest BCUT2D eigenvalue weighted by Crippen LogP contribution is 2.67. The molecule has 0 heterocycles. The van der Waals surface area contributed by atoms with Crippen molar-refractivity contribution in [1.82, 2.24) is 0 Å². The molecule has 0 fully saturated rings. The molecular weight excluding hydrogens is 887 g/mol. The second kappa shape index (κ2) is 14.9. The second-order valence-corrected chi connectivity index (χ2v) is 12.7. The Bertz CT molecular complexity index is 2000. The highest BCUT2D eigenvalue weighted by Gasteiger charge is 2.99. The SMILES string of the molecule is C=CCOC(F)(F)C(F)(F)C(F)(F)C(F)(F)C(F)(F)C(F)(F)C(F)(F)C(F)(F)C(F)(F)C(F)(F)C(F)(F)C(F)(F)F.c1ccc2c(c1)ccc1c3c(ccc12)CCCC3. The first-order chi connectivity index (χ1) is 26.2. The lowest BCUT2D eigenvalue weighted by atomic mass is 9.85. The molecule has 59 heavy (non-hydrogen) atoms. The molecule has 0 atom stereocenters. The maximum absolute atomic E-state index is 13.6. The van der Waals surface area contributed by atoms with Crippen LogP contribution in [0.25, 0.3) is 21.5 Å². The summed E-state index contributed by atoms with van der Waals surface area (Å²) in [6.07, 6.45) is -10.2. The van der Waals surface area contributed by atoms with Crippen molar-refractivity contribution in [3.8, 4) is 0 Å². The van der Waals surface area contributed by atoms with Gasteiger partial charge in [0.2, 0.25) is 0 Å². The van der Waals surface area contributed by atoms with E-state index < -0.39 is 78.1 Å². The van der Waals surface area contributed by atoms with Crippen molar-refractivity contribution in [3.63, 3.8) is 0 Å². The average molecular weight is 908 g/mol. The Hall–Kier alpha value is -3.87. The molecule has 0 radical (unpaired) electrons. The van der Waals surface area contributed by atoms with Gasteiger partial charge in [0.15, 0.2) is 0 Å². The Labute approximate surface area is 312 Å². The zero-order valence-corrected chi connectivity index (χ0v) is 28.3. The molecule has 334 valence electrons. The van der Waals surface area contributed by atoms with E-state index in [1.165, 1.54) is 47.2 Å². The van der Waals surface area contributed by atoms with Crippen LogP contribution in [0.5, 0.6) is 0 Å². The molecular formula is C33H21F25O. The quantitative estimate of drug-likeness (QED) is 0.0943. The van der Waals surface area contributed by atoms with Crippen molar-refractivity contribution in [2.24, 2.45) is 0 Å². The van der Waals surface area contributed by atoms with E-state index in [4.69, 9.17) is 0 Å². The lowest BCUT2D eigenvalue weighted by Gasteiger charge is -2.45. The van der Waals surface area contributed by atoms with Gasteiger partial charge in [-0.3, -0.25) is 0 Å². The van der Waals surface area contributed by atoms with E-state index in [0.29, 0.717) is 0 Å². The van der Waals surface area contributed by atoms with Crippen LogP contribution >= 0.6 is 0 Å². The predicted octanol–water partition coefficient (Wildman–Crippen LogP) is 13.6. The van der Waals surface area contributed by atoms with Crippen molar-refractivity contribution >= 4 is 21.5 Å². The average Bonchev–Trinajstić information content (AvgIpc) is 3.12. The molecule has 0 aliphatic heterocycles. The van der Waals surface area contributed by atoms with Gasteiger partial charge in [-0.1, -0.05) is 54.6 Å². The van der Waals surface area contributed by atoms with Gasteiger partial charge < -0.3 is 4.74 Å². The number of alkyl halides is 25. The summed E-state index contributed by atoms with van der Waals surface area (Å²) in [5, 5.41) is 5.64. The molecule has 0 unspecified atom stereocenters. The molecule has 3 aromatic rings. The predicted molar refractivity (Wildman–Crippen MR) is 155 cm³/mol. The van der Waals surface area contributed by atoms with E-state index >= 15 is 0 Å². The van der Waals surface area contributed by atoms with Gasteiger partial charge in [0.1, 0.15) is 0 Å². The van der Waals surface area contributed by atoms with E-state index in [1.807, 2.05) is 0 Å². The minimum Gasteiger partial charge on any atom is -0.311 e. The summed E-state index contributed by atoms with van der Waals surface area (Å²) in [6.45, 7) is 0.317. The van der Waals surface area contributed by atoms with Gasteiger partial charge >= 0.3 is 71.5 Å². The van der Waals surface area contributed by atoms with Crippen LogP contribution in [0, 0.1) is 0 Å². The summed E-state index contributed by atoms with van der Waals surface area (Å²) < 4.78 is 332. The number of hydrogen-bond donors (Lipinski definition) is 0. The van der Waals surface area contributed by atoms with Crippen LogP contribution in [0.1, 0.15) is 24.0 Å². The largest absolute Gasteiger partial charge is 0.460 e. The van der Waals surface area contributed by atoms with Crippen molar-refractivity contribution in [3.05, 3.63) is 72.3 Å². The third kappa shape index (κ3) is 7.08. The number of rotatable bonds is 13. The highest BCUT2D eigenvalue weighted by molar-refractivity contribution is 6.08. The smallest absolute Gasteiger partial charge is 0.311 e. The summed E-state index contributed by atoms with van der Waals surface area (Å²) in [5.74, 6) is -91.7. The van der Waals surface area contributed by atoms with Gasteiger partial charge in [0, 0.05) is 0 Å². The minimum atomic E-state index is -9.60. The zero-order valence-electron chi connectivity index (χ0n) is 28.3. The summed E-state index contributed by atoms with van der Waals surface area (Å²) in [7, 11) is 0. The number of fused-ring (bicyclic) bond motifs is 5. The molecule has 1 aliphatic rings. The van der Waals surface area contributed by atoms with E-state index in [9.17, 15) is 110 Å². The van der Waals surface area contributed by atoms with Gasteiger partial charge in [-0.05, 0) is 58.4 Å². The third-order valence-corrected chi connectivity index (χ3v) is 8.91. The van der Waals surface area contributed by atoms with Gasteiger partial charge in [-0.2, -0.15) is 110 Å². The van der Waals surface area contributed by atoms with E-state index in [0.717, 1.165) is 0 Å². The molecule has 0 saturated carbocycles. The number of benzene rings is 3. The molecule has 1 aliphatic carbocycles. The lowest BCUT2D eigenvalue weighted by molar-refractivity contribution is -0.489. The Kier molecular flexibility index (Phi) is 12.5. The van der Waals surface area contributed by atoms with Crippen LogP contribution in [0.3, 0.4) is 0 Å². The minimum absolute atomic E-state index is 0.0794. The Balaban J connectivity index is 0.000000417. The van der Waals surface area contributed by atoms with Crippen LogP contribution in [0.2, 0.25) is 0 Å². The summed E-state index contributed by atoms with van der Waals surface area (Å²) in [6, 6.07) is 18.0. The molecule has 0 aromatic heterocycles. The Morgan fingerprint density at radius 1 is 0.424 bits per heavy atom. The molecule has 1 nitrogen and oxygen atoms in total. The maximum atomic E-state index is 13.6. The van der Waals surface area contributed by atoms with Crippen molar-refractivity contribution in [2.75, 3.05) is 6.61 Å².